The zero-order valence-corrected chi connectivity index (χ0v) is 12.9. The van der Waals surface area contributed by atoms with Gasteiger partial charge in [0.25, 0.3) is 0 Å². The Morgan fingerprint density at radius 3 is 2.76 bits per heavy atom. The molecule has 1 aliphatic rings. The maximum absolute atomic E-state index is 12.1. The Morgan fingerprint density at radius 2 is 2.00 bits per heavy atom. The van der Waals surface area contributed by atoms with E-state index >= 15 is 0 Å². The lowest BCUT2D eigenvalue weighted by atomic mass is 10.00. The first-order chi connectivity index (χ1) is 10.3. The molecule has 0 radical (unpaired) electrons. The molecule has 2 aromatic carbocycles. The van der Waals surface area contributed by atoms with E-state index in [0.717, 1.165) is 28.4 Å². The predicted molar refractivity (Wildman–Crippen MR) is 86.1 cm³/mol. The molecule has 0 bridgehead atoms. The van der Waals surface area contributed by atoms with E-state index in [-0.39, 0.29) is 11.9 Å². The maximum atomic E-state index is 12.1. The van der Waals surface area contributed by atoms with Crippen LogP contribution >= 0.6 is 11.8 Å². The second-order valence-corrected chi connectivity index (χ2v) is 6.26. The smallest absolute Gasteiger partial charge is 0.170 e. The summed E-state index contributed by atoms with van der Waals surface area (Å²) in [7, 11) is 0. The summed E-state index contributed by atoms with van der Waals surface area (Å²) in [6, 6.07) is 16.3. The highest BCUT2D eigenvalue weighted by Gasteiger charge is 2.25. The van der Waals surface area contributed by atoms with Crippen molar-refractivity contribution in [2.45, 2.75) is 36.5 Å². The molecule has 0 saturated carbocycles. The van der Waals surface area contributed by atoms with Crippen molar-refractivity contribution in [2.24, 2.45) is 0 Å². The third-order valence-electron chi connectivity index (χ3n) is 3.66. The third kappa shape index (κ3) is 3.30. The van der Waals surface area contributed by atoms with Gasteiger partial charge < -0.3 is 4.74 Å². The fraction of sp³-hybridized carbons (Fsp3) is 0.278. The first-order valence-corrected chi connectivity index (χ1v) is 8.25. The van der Waals surface area contributed by atoms with Crippen molar-refractivity contribution in [1.82, 2.24) is 0 Å². The Kier molecular flexibility index (Phi) is 4.30. The van der Waals surface area contributed by atoms with Crippen molar-refractivity contribution in [3.8, 4) is 5.75 Å². The average Bonchev–Trinajstić information content (AvgIpc) is 2.53. The topological polar surface area (TPSA) is 26.3 Å². The first-order valence-electron chi connectivity index (χ1n) is 7.27. The SMILES string of the molecule is CCC1CC(=O)c2ccc(SCc3ccccc3)cc2O1. The molecule has 2 aromatic rings. The molecule has 0 N–H and O–H groups in total. The molecule has 0 fully saturated rings. The second kappa shape index (κ2) is 6.35. The summed E-state index contributed by atoms with van der Waals surface area (Å²) in [6.07, 6.45) is 1.39. The maximum Gasteiger partial charge on any atom is 0.170 e. The predicted octanol–water partition coefficient (Wildman–Crippen LogP) is 4.72. The van der Waals surface area contributed by atoms with Crippen LogP contribution in [-0.2, 0) is 5.75 Å². The minimum absolute atomic E-state index is 0.0272. The van der Waals surface area contributed by atoms with Gasteiger partial charge in [0, 0.05) is 17.1 Å². The van der Waals surface area contributed by atoms with E-state index < -0.39 is 0 Å². The normalized spacial score (nSPS) is 17.2. The monoisotopic (exact) mass is 298 g/mol. The Morgan fingerprint density at radius 1 is 1.19 bits per heavy atom. The Bertz CT molecular complexity index is 637. The van der Waals surface area contributed by atoms with Gasteiger partial charge in [-0.25, -0.2) is 0 Å². The summed E-state index contributed by atoms with van der Waals surface area (Å²) in [5, 5.41) is 0. The second-order valence-electron chi connectivity index (χ2n) is 5.21. The lowest BCUT2D eigenvalue weighted by molar-refractivity contribution is 0.0845. The molecule has 3 rings (SSSR count). The molecule has 1 heterocycles. The number of fused-ring (bicyclic) bond motifs is 1. The van der Waals surface area contributed by atoms with Gasteiger partial charge in [-0.05, 0) is 30.2 Å². The minimum Gasteiger partial charge on any atom is -0.489 e. The van der Waals surface area contributed by atoms with E-state index in [1.54, 1.807) is 11.8 Å². The van der Waals surface area contributed by atoms with Crippen molar-refractivity contribution < 1.29 is 9.53 Å². The van der Waals surface area contributed by atoms with Crippen LogP contribution in [0.5, 0.6) is 5.75 Å². The molecule has 21 heavy (non-hydrogen) atoms. The number of hydrogen-bond donors (Lipinski definition) is 0. The fourth-order valence-corrected chi connectivity index (χ4v) is 3.31. The summed E-state index contributed by atoms with van der Waals surface area (Å²) in [4.78, 5) is 13.2. The fourth-order valence-electron chi connectivity index (χ4n) is 2.43. The molecular formula is C18H18O2S. The molecule has 1 unspecified atom stereocenters. The van der Waals surface area contributed by atoms with Gasteiger partial charge in [0.1, 0.15) is 11.9 Å². The van der Waals surface area contributed by atoms with Gasteiger partial charge in [-0.15, -0.1) is 11.8 Å². The van der Waals surface area contributed by atoms with Crippen molar-refractivity contribution in [1.29, 1.82) is 0 Å². The molecule has 0 aromatic heterocycles. The van der Waals surface area contributed by atoms with Crippen LogP contribution in [0.15, 0.2) is 53.4 Å². The lowest BCUT2D eigenvalue weighted by Gasteiger charge is -2.24. The Balaban J connectivity index is 1.75. The molecule has 1 atom stereocenters. The number of carbonyl (C=O) groups is 1. The van der Waals surface area contributed by atoms with Crippen LogP contribution in [-0.4, -0.2) is 11.9 Å². The highest BCUT2D eigenvalue weighted by molar-refractivity contribution is 7.98. The molecule has 0 aliphatic carbocycles. The number of Topliss-reactive ketones (excluding diaryl/α,β-unsaturated/α-hetero) is 1. The highest BCUT2D eigenvalue weighted by Crippen LogP contribution is 2.33. The van der Waals surface area contributed by atoms with E-state index in [1.807, 2.05) is 24.3 Å². The van der Waals surface area contributed by atoms with Gasteiger partial charge in [0.05, 0.1) is 5.56 Å². The van der Waals surface area contributed by atoms with Gasteiger partial charge in [-0.1, -0.05) is 37.3 Å². The molecule has 2 nitrogen and oxygen atoms in total. The average molecular weight is 298 g/mol. The van der Waals surface area contributed by atoms with Crippen LogP contribution in [0.25, 0.3) is 0 Å². The standard InChI is InChI=1S/C18H18O2S/c1-2-14-10-17(19)16-9-8-15(11-18(16)20-14)21-12-13-6-4-3-5-7-13/h3-9,11,14H,2,10,12H2,1H3. The molecule has 108 valence electrons. The van der Waals surface area contributed by atoms with Gasteiger partial charge in [0.2, 0.25) is 0 Å². The van der Waals surface area contributed by atoms with Gasteiger partial charge in [0.15, 0.2) is 5.78 Å². The Hall–Kier alpha value is -1.74. The van der Waals surface area contributed by atoms with Gasteiger partial charge >= 0.3 is 0 Å². The number of carbonyl (C=O) groups excluding carboxylic acids is 1. The number of thioether (sulfide) groups is 1. The van der Waals surface area contributed by atoms with Crippen molar-refractivity contribution in [3.05, 3.63) is 59.7 Å². The van der Waals surface area contributed by atoms with E-state index in [9.17, 15) is 4.79 Å². The van der Waals surface area contributed by atoms with Gasteiger partial charge in [-0.3, -0.25) is 4.79 Å². The van der Waals surface area contributed by atoms with E-state index in [4.69, 9.17) is 4.74 Å². The summed E-state index contributed by atoms with van der Waals surface area (Å²) < 4.78 is 5.91. The lowest BCUT2D eigenvalue weighted by Crippen LogP contribution is -2.26. The highest BCUT2D eigenvalue weighted by atomic mass is 32.2. The van der Waals surface area contributed by atoms with Crippen LogP contribution in [0, 0.1) is 0 Å². The zero-order valence-electron chi connectivity index (χ0n) is 12.0. The largest absolute Gasteiger partial charge is 0.489 e. The zero-order chi connectivity index (χ0) is 14.7. The van der Waals surface area contributed by atoms with E-state index in [2.05, 4.69) is 31.2 Å². The molecule has 0 amide bonds. The quantitative estimate of drug-likeness (QED) is 0.764. The number of rotatable bonds is 4. The summed E-state index contributed by atoms with van der Waals surface area (Å²) >= 11 is 1.77. The minimum atomic E-state index is 0.0272. The molecule has 0 saturated heterocycles. The van der Waals surface area contributed by atoms with E-state index in [1.165, 1.54) is 5.56 Å². The molecule has 3 heteroatoms. The molecule has 1 aliphatic heterocycles. The summed E-state index contributed by atoms with van der Waals surface area (Å²) in [6.45, 7) is 2.05. The van der Waals surface area contributed by atoms with Gasteiger partial charge in [-0.2, -0.15) is 0 Å². The number of benzene rings is 2. The van der Waals surface area contributed by atoms with Crippen LogP contribution in [0.4, 0.5) is 0 Å². The van der Waals surface area contributed by atoms with E-state index in [0.29, 0.717) is 6.42 Å². The number of ether oxygens (including phenoxy) is 1. The van der Waals surface area contributed by atoms with Crippen LogP contribution in [0.2, 0.25) is 0 Å². The number of hydrogen-bond acceptors (Lipinski definition) is 3. The van der Waals surface area contributed by atoms with Crippen LogP contribution in [0.1, 0.15) is 35.7 Å². The van der Waals surface area contributed by atoms with Crippen molar-refractivity contribution in [2.75, 3.05) is 0 Å². The molecule has 0 spiro atoms. The van der Waals surface area contributed by atoms with Crippen LogP contribution < -0.4 is 4.74 Å². The molecular weight excluding hydrogens is 280 g/mol. The van der Waals surface area contributed by atoms with Crippen LogP contribution in [0.3, 0.4) is 0 Å². The Labute approximate surface area is 129 Å². The third-order valence-corrected chi connectivity index (χ3v) is 4.73. The summed E-state index contributed by atoms with van der Waals surface area (Å²) in [5.74, 6) is 1.86. The summed E-state index contributed by atoms with van der Waals surface area (Å²) in [5.41, 5.74) is 2.02. The number of ketones is 1. The van der Waals surface area contributed by atoms with Crippen molar-refractivity contribution >= 4 is 17.5 Å². The first kappa shape index (κ1) is 14.2. The van der Waals surface area contributed by atoms with Crippen molar-refractivity contribution in [3.63, 3.8) is 0 Å².